The molecule has 1 atom stereocenters. The summed E-state index contributed by atoms with van der Waals surface area (Å²) in [7, 11) is 0. The summed E-state index contributed by atoms with van der Waals surface area (Å²) in [5.74, 6) is -0.124. The Balaban J connectivity index is 1.99. The number of benzene rings is 2. The third-order valence-corrected chi connectivity index (χ3v) is 6.69. The van der Waals surface area contributed by atoms with Gasteiger partial charge in [-0.25, -0.2) is 0 Å². The highest BCUT2D eigenvalue weighted by atomic mass is 16.5. The molecule has 0 radical (unpaired) electrons. The minimum absolute atomic E-state index is 0.0997. The van der Waals surface area contributed by atoms with Gasteiger partial charge in [-0.1, -0.05) is 51.5 Å². The molecule has 3 rings (SSSR count). The number of likely N-dealkylation sites (tertiary alicyclic amines) is 1. The Morgan fingerprint density at radius 1 is 0.946 bits per heavy atom. The van der Waals surface area contributed by atoms with E-state index in [1.807, 2.05) is 37.3 Å². The van der Waals surface area contributed by atoms with Gasteiger partial charge < -0.3 is 24.4 Å². The second-order valence-electron chi connectivity index (χ2n) is 9.10. The van der Waals surface area contributed by atoms with Crippen LogP contribution < -0.4 is 9.47 Å². The standard InChI is InChI=1S/C30H40N2O5/c1-5-9-20-37-25-13-10-12-23(21-25)28(33)26-27(22-14-16-24(17-15-22)36-8-4)32(30(35)29(26)34)19-11-18-31(6-2)7-3/h10,12-17,21,27,33H,5-9,11,18-20H2,1-4H3/b28-26+. The summed E-state index contributed by atoms with van der Waals surface area (Å²) < 4.78 is 11.4. The van der Waals surface area contributed by atoms with E-state index in [1.165, 1.54) is 0 Å². The third kappa shape index (κ3) is 6.92. The molecule has 2 aromatic rings. The second-order valence-corrected chi connectivity index (χ2v) is 9.10. The Morgan fingerprint density at radius 2 is 1.68 bits per heavy atom. The zero-order valence-corrected chi connectivity index (χ0v) is 22.5. The Kier molecular flexibility index (Phi) is 10.6. The number of nitrogens with zero attached hydrogens (tertiary/aromatic N) is 2. The maximum absolute atomic E-state index is 13.3. The van der Waals surface area contributed by atoms with E-state index in [0.29, 0.717) is 36.8 Å². The second kappa shape index (κ2) is 13.8. The summed E-state index contributed by atoms with van der Waals surface area (Å²) in [6, 6.07) is 13.7. The van der Waals surface area contributed by atoms with Gasteiger partial charge in [-0.3, -0.25) is 9.59 Å². The summed E-state index contributed by atoms with van der Waals surface area (Å²) in [5.41, 5.74) is 1.30. The number of hydrogen-bond donors (Lipinski definition) is 1. The van der Waals surface area contributed by atoms with Crippen molar-refractivity contribution in [1.82, 2.24) is 9.80 Å². The highest BCUT2D eigenvalue weighted by Gasteiger charge is 2.45. The van der Waals surface area contributed by atoms with E-state index in [-0.39, 0.29) is 11.3 Å². The monoisotopic (exact) mass is 508 g/mol. The van der Waals surface area contributed by atoms with E-state index < -0.39 is 17.7 Å². The third-order valence-electron chi connectivity index (χ3n) is 6.69. The molecule has 37 heavy (non-hydrogen) atoms. The highest BCUT2D eigenvalue weighted by Crippen LogP contribution is 2.40. The van der Waals surface area contributed by atoms with Crippen LogP contribution in [0, 0.1) is 0 Å². The number of carbonyl (C=O) groups is 2. The summed E-state index contributed by atoms with van der Waals surface area (Å²) in [6.07, 6.45) is 2.66. The van der Waals surface area contributed by atoms with Crippen LogP contribution in [0.25, 0.3) is 5.76 Å². The van der Waals surface area contributed by atoms with Gasteiger partial charge in [-0.2, -0.15) is 0 Å². The van der Waals surface area contributed by atoms with Crippen LogP contribution in [0.5, 0.6) is 11.5 Å². The van der Waals surface area contributed by atoms with Crippen LogP contribution in [0.2, 0.25) is 0 Å². The lowest BCUT2D eigenvalue weighted by atomic mass is 9.95. The molecular formula is C30H40N2O5. The quantitative estimate of drug-likeness (QED) is 0.159. The number of unbranched alkanes of at least 4 members (excludes halogenated alkanes) is 1. The molecule has 0 aliphatic carbocycles. The van der Waals surface area contributed by atoms with Crippen LogP contribution in [0.15, 0.2) is 54.1 Å². The van der Waals surface area contributed by atoms with Crippen molar-refractivity contribution in [3.63, 3.8) is 0 Å². The van der Waals surface area contributed by atoms with E-state index in [0.717, 1.165) is 44.5 Å². The van der Waals surface area contributed by atoms with Gasteiger partial charge in [0.25, 0.3) is 11.7 Å². The molecule has 0 bridgehead atoms. The lowest BCUT2D eigenvalue weighted by Gasteiger charge is -2.27. The van der Waals surface area contributed by atoms with Crippen molar-refractivity contribution in [2.75, 3.05) is 39.4 Å². The topological polar surface area (TPSA) is 79.3 Å². The predicted molar refractivity (Wildman–Crippen MR) is 146 cm³/mol. The van der Waals surface area contributed by atoms with Crippen LogP contribution in [-0.2, 0) is 9.59 Å². The maximum atomic E-state index is 13.3. The number of ether oxygens (including phenoxy) is 2. The Bertz CT molecular complexity index is 1080. The number of ketones is 1. The van der Waals surface area contributed by atoms with Crippen molar-refractivity contribution in [3.8, 4) is 11.5 Å². The van der Waals surface area contributed by atoms with Crippen molar-refractivity contribution in [3.05, 3.63) is 65.2 Å². The highest BCUT2D eigenvalue weighted by molar-refractivity contribution is 6.46. The van der Waals surface area contributed by atoms with Crippen LogP contribution in [-0.4, -0.2) is 66.0 Å². The molecule has 2 aromatic carbocycles. The molecular weight excluding hydrogens is 468 g/mol. The zero-order valence-electron chi connectivity index (χ0n) is 22.5. The van der Waals surface area contributed by atoms with Gasteiger partial charge in [-0.15, -0.1) is 0 Å². The van der Waals surface area contributed by atoms with Crippen molar-refractivity contribution in [2.45, 2.75) is 53.0 Å². The summed E-state index contributed by atoms with van der Waals surface area (Å²) in [5, 5.41) is 11.4. The summed E-state index contributed by atoms with van der Waals surface area (Å²) in [6.45, 7) is 12.4. The SMILES string of the molecule is CCCCOc1cccc(/C(O)=C2\C(=O)C(=O)N(CCCN(CC)CC)C2c2ccc(OCC)cc2)c1. The summed E-state index contributed by atoms with van der Waals surface area (Å²) in [4.78, 5) is 30.4. The zero-order chi connectivity index (χ0) is 26.8. The Morgan fingerprint density at radius 3 is 2.32 bits per heavy atom. The average molecular weight is 509 g/mol. The van der Waals surface area contributed by atoms with Gasteiger partial charge in [0.15, 0.2) is 0 Å². The molecule has 0 aromatic heterocycles. The minimum atomic E-state index is -0.683. The van der Waals surface area contributed by atoms with Gasteiger partial charge in [0, 0.05) is 12.1 Å². The van der Waals surface area contributed by atoms with Crippen LogP contribution >= 0.6 is 0 Å². The number of aliphatic hydroxyl groups excluding tert-OH is 1. The number of rotatable bonds is 14. The predicted octanol–water partition coefficient (Wildman–Crippen LogP) is 5.42. The van der Waals surface area contributed by atoms with Gasteiger partial charge in [0.05, 0.1) is 24.8 Å². The first-order valence-corrected chi connectivity index (χ1v) is 13.4. The van der Waals surface area contributed by atoms with Crippen molar-refractivity contribution < 1.29 is 24.2 Å². The molecule has 1 unspecified atom stereocenters. The molecule has 1 amide bonds. The molecule has 1 aliphatic heterocycles. The Hall–Kier alpha value is -3.32. The van der Waals surface area contributed by atoms with E-state index >= 15 is 0 Å². The lowest BCUT2D eigenvalue weighted by Crippen LogP contribution is -2.33. The Labute approximate surface area is 220 Å². The molecule has 7 heteroatoms. The van der Waals surface area contributed by atoms with Gasteiger partial charge in [0.2, 0.25) is 0 Å². The van der Waals surface area contributed by atoms with Crippen LogP contribution in [0.4, 0.5) is 0 Å². The molecule has 200 valence electrons. The lowest BCUT2D eigenvalue weighted by molar-refractivity contribution is -0.140. The molecule has 1 fully saturated rings. The largest absolute Gasteiger partial charge is 0.507 e. The van der Waals surface area contributed by atoms with Crippen molar-refractivity contribution in [2.24, 2.45) is 0 Å². The van der Waals surface area contributed by atoms with E-state index in [2.05, 4.69) is 25.7 Å². The van der Waals surface area contributed by atoms with Gasteiger partial charge in [0.1, 0.15) is 17.3 Å². The number of aliphatic hydroxyl groups is 1. The average Bonchev–Trinajstić information content (AvgIpc) is 3.16. The molecule has 0 saturated carbocycles. The molecule has 1 aliphatic rings. The first-order valence-electron chi connectivity index (χ1n) is 13.4. The first kappa shape index (κ1) is 28.3. The van der Waals surface area contributed by atoms with E-state index in [1.54, 1.807) is 23.1 Å². The maximum Gasteiger partial charge on any atom is 0.295 e. The molecule has 0 spiro atoms. The molecule has 1 saturated heterocycles. The van der Waals surface area contributed by atoms with Crippen molar-refractivity contribution in [1.29, 1.82) is 0 Å². The number of carbonyl (C=O) groups excluding carboxylic acids is 2. The van der Waals surface area contributed by atoms with Crippen LogP contribution in [0.1, 0.15) is 64.1 Å². The summed E-state index contributed by atoms with van der Waals surface area (Å²) >= 11 is 0. The smallest absolute Gasteiger partial charge is 0.295 e. The minimum Gasteiger partial charge on any atom is -0.507 e. The fourth-order valence-electron chi connectivity index (χ4n) is 4.60. The fourth-order valence-corrected chi connectivity index (χ4v) is 4.60. The molecule has 1 heterocycles. The van der Waals surface area contributed by atoms with Crippen LogP contribution in [0.3, 0.4) is 0 Å². The van der Waals surface area contributed by atoms with Crippen molar-refractivity contribution >= 4 is 17.4 Å². The number of amides is 1. The molecule has 7 nitrogen and oxygen atoms in total. The van der Waals surface area contributed by atoms with Gasteiger partial charge >= 0.3 is 0 Å². The van der Waals surface area contributed by atoms with E-state index in [9.17, 15) is 14.7 Å². The fraction of sp³-hybridized carbons (Fsp3) is 0.467. The number of hydrogen-bond acceptors (Lipinski definition) is 6. The normalized spacial score (nSPS) is 17.0. The molecule has 1 N–H and O–H groups in total. The van der Waals surface area contributed by atoms with E-state index in [4.69, 9.17) is 9.47 Å². The number of Topliss-reactive ketones (excluding diaryl/α,β-unsaturated/α-hetero) is 1. The first-order chi connectivity index (χ1) is 17.9. The van der Waals surface area contributed by atoms with Gasteiger partial charge in [-0.05, 0) is 69.2 Å².